The molecule has 0 aromatic heterocycles. The Morgan fingerprint density at radius 3 is 2.23 bits per heavy atom. The first kappa shape index (κ1) is 34.5. The molecule has 5 rings (SSSR count). The van der Waals surface area contributed by atoms with Crippen molar-refractivity contribution in [1.29, 1.82) is 0 Å². The minimum absolute atomic E-state index is 0.0168. The molecule has 0 spiro atoms. The molecule has 5 fully saturated rings. The van der Waals surface area contributed by atoms with Gasteiger partial charge in [0.1, 0.15) is 30.2 Å². The van der Waals surface area contributed by atoms with E-state index in [1.807, 2.05) is 6.92 Å². The molecule has 4 saturated carbocycles. The van der Waals surface area contributed by atoms with Gasteiger partial charge >= 0.3 is 0 Å². The summed E-state index contributed by atoms with van der Waals surface area (Å²) >= 11 is 0. The molecule has 5 N–H and O–H groups in total. The average Bonchev–Trinajstić information content (AvgIpc) is 3.33. The maximum Gasteiger partial charge on any atom is 0.187 e. The third kappa shape index (κ3) is 5.09. The molecule has 1 aliphatic heterocycles. The minimum atomic E-state index is -1.52. The normalized spacial score (nSPS) is 49.8. The lowest BCUT2D eigenvalue weighted by Gasteiger charge is -2.69. The highest BCUT2D eigenvalue weighted by Crippen LogP contribution is 2.75. The van der Waals surface area contributed by atoms with Crippen LogP contribution in [0.5, 0.6) is 0 Å². The zero-order chi connectivity index (χ0) is 32.6. The van der Waals surface area contributed by atoms with E-state index >= 15 is 0 Å². The van der Waals surface area contributed by atoms with Gasteiger partial charge in [0.25, 0.3) is 0 Å². The molecule has 4 aliphatic carbocycles. The Morgan fingerprint density at radius 1 is 0.932 bits per heavy atom. The van der Waals surface area contributed by atoms with Gasteiger partial charge in [-0.2, -0.15) is 0 Å². The smallest absolute Gasteiger partial charge is 0.187 e. The lowest BCUT2D eigenvalue weighted by Crippen LogP contribution is -2.66. The summed E-state index contributed by atoms with van der Waals surface area (Å²) in [4.78, 5) is 14.6. The summed E-state index contributed by atoms with van der Waals surface area (Å²) in [6.07, 6.45) is 2.44. The lowest BCUT2D eigenvalue weighted by atomic mass is 9.35. The zero-order valence-corrected chi connectivity index (χ0v) is 28.4. The number of hydrogen-bond donors (Lipinski definition) is 5. The third-order valence-corrected chi connectivity index (χ3v) is 14.4. The predicted octanol–water partition coefficient (Wildman–Crippen LogP) is 4.53. The van der Waals surface area contributed by atoms with E-state index in [1.165, 1.54) is 5.57 Å². The SMILES string of the molecule is CC(C)=CCC[C@](C)(O[C@@H]1O[C@H](CO)[C@@H](O)[C@H](O)[C@H]1O)[C@H]1CC[C@]2(C)[C@@H]1C(=O)C[C@@H]1[C@@]3(C)CC[C@H](O)C(C)(C)[C@@H]3CC[C@]12C. The minimum Gasteiger partial charge on any atom is -0.394 e. The monoisotopic (exact) mass is 620 g/mol. The molecular weight excluding hydrogens is 560 g/mol. The molecule has 0 radical (unpaired) electrons. The first-order chi connectivity index (χ1) is 20.4. The number of aliphatic hydroxyl groups excluding tert-OH is 5. The topological polar surface area (TPSA) is 137 Å². The number of ether oxygens (including phenoxy) is 2. The Labute approximate surface area is 264 Å². The molecule has 1 saturated heterocycles. The van der Waals surface area contributed by atoms with Crippen LogP contribution in [0.4, 0.5) is 0 Å². The molecule has 14 atom stereocenters. The second-order valence-corrected chi connectivity index (χ2v) is 17.1. The number of hydrogen-bond acceptors (Lipinski definition) is 8. The van der Waals surface area contributed by atoms with Crippen LogP contribution in [0.2, 0.25) is 0 Å². The number of carbonyl (C=O) groups is 1. The number of carbonyl (C=O) groups excluding carboxylic acids is 1. The fourth-order valence-electron chi connectivity index (χ4n) is 11.5. The Kier molecular flexibility index (Phi) is 9.15. The molecule has 8 heteroatoms. The van der Waals surface area contributed by atoms with Crippen molar-refractivity contribution in [2.45, 2.75) is 156 Å². The van der Waals surface area contributed by atoms with Crippen molar-refractivity contribution in [1.82, 2.24) is 0 Å². The van der Waals surface area contributed by atoms with Crippen molar-refractivity contribution in [2.75, 3.05) is 6.61 Å². The van der Waals surface area contributed by atoms with Gasteiger partial charge in [0.05, 0.1) is 18.3 Å². The summed E-state index contributed by atoms with van der Waals surface area (Å²) in [5.41, 5.74) is -0.159. The van der Waals surface area contributed by atoms with Gasteiger partial charge < -0.3 is 35.0 Å². The second kappa shape index (κ2) is 11.7. The van der Waals surface area contributed by atoms with E-state index in [0.29, 0.717) is 24.5 Å². The molecule has 252 valence electrons. The van der Waals surface area contributed by atoms with Crippen LogP contribution in [0, 0.1) is 45.3 Å². The number of Topliss-reactive ketones (excluding diaryl/α,β-unsaturated/α-hetero) is 1. The fourth-order valence-corrected chi connectivity index (χ4v) is 11.5. The van der Waals surface area contributed by atoms with Crippen LogP contribution < -0.4 is 0 Å². The Balaban J connectivity index is 1.49. The molecule has 0 aromatic carbocycles. The summed E-state index contributed by atoms with van der Waals surface area (Å²) in [5, 5.41) is 52.7. The van der Waals surface area contributed by atoms with E-state index in [9.17, 15) is 30.3 Å². The maximum atomic E-state index is 14.6. The van der Waals surface area contributed by atoms with E-state index in [2.05, 4.69) is 54.5 Å². The molecule has 0 bridgehead atoms. The predicted molar refractivity (Wildman–Crippen MR) is 167 cm³/mol. The highest BCUT2D eigenvalue weighted by atomic mass is 16.7. The van der Waals surface area contributed by atoms with Crippen LogP contribution in [0.15, 0.2) is 11.6 Å². The molecule has 0 aromatic rings. The first-order valence-corrected chi connectivity index (χ1v) is 17.2. The molecule has 0 unspecified atom stereocenters. The van der Waals surface area contributed by atoms with Crippen molar-refractivity contribution in [3.05, 3.63) is 11.6 Å². The summed E-state index contributed by atoms with van der Waals surface area (Å²) in [6, 6.07) is 0. The van der Waals surface area contributed by atoms with E-state index in [1.54, 1.807) is 0 Å². The first-order valence-electron chi connectivity index (χ1n) is 17.2. The Morgan fingerprint density at radius 2 is 1.59 bits per heavy atom. The Hall–Kier alpha value is -0.870. The highest BCUT2D eigenvalue weighted by molar-refractivity contribution is 5.84. The number of fused-ring (bicyclic) bond motifs is 5. The molecule has 44 heavy (non-hydrogen) atoms. The van der Waals surface area contributed by atoms with Gasteiger partial charge in [0.15, 0.2) is 6.29 Å². The van der Waals surface area contributed by atoms with E-state index in [4.69, 9.17) is 9.47 Å². The summed E-state index contributed by atoms with van der Waals surface area (Å²) in [5.74, 6) is 0.579. The van der Waals surface area contributed by atoms with Crippen LogP contribution in [-0.2, 0) is 14.3 Å². The Bertz CT molecular complexity index is 1120. The van der Waals surface area contributed by atoms with Crippen LogP contribution in [-0.4, -0.2) is 80.3 Å². The van der Waals surface area contributed by atoms with Gasteiger partial charge in [-0.1, -0.05) is 46.3 Å². The van der Waals surface area contributed by atoms with E-state index in [-0.39, 0.29) is 45.5 Å². The van der Waals surface area contributed by atoms with Crippen molar-refractivity contribution < 1.29 is 39.8 Å². The van der Waals surface area contributed by atoms with E-state index < -0.39 is 42.9 Å². The summed E-state index contributed by atoms with van der Waals surface area (Å²) < 4.78 is 12.6. The number of ketones is 1. The molecule has 0 amide bonds. The number of aliphatic hydroxyl groups is 5. The van der Waals surface area contributed by atoms with Crippen LogP contribution in [0.3, 0.4) is 0 Å². The average molecular weight is 621 g/mol. The third-order valence-electron chi connectivity index (χ3n) is 14.4. The van der Waals surface area contributed by atoms with Crippen molar-refractivity contribution in [3.8, 4) is 0 Å². The van der Waals surface area contributed by atoms with Crippen LogP contribution in [0.25, 0.3) is 0 Å². The van der Waals surface area contributed by atoms with Gasteiger partial charge in [-0.15, -0.1) is 0 Å². The molecular formula is C36H60O8. The van der Waals surface area contributed by atoms with Gasteiger partial charge in [-0.05, 0) is 112 Å². The fraction of sp³-hybridized carbons (Fsp3) is 0.917. The molecule has 1 heterocycles. The van der Waals surface area contributed by atoms with Crippen molar-refractivity contribution in [3.63, 3.8) is 0 Å². The largest absolute Gasteiger partial charge is 0.394 e. The summed E-state index contributed by atoms with van der Waals surface area (Å²) in [6.45, 7) is 17.2. The summed E-state index contributed by atoms with van der Waals surface area (Å²) in [7, 11) is 0. The van der Waals surface area contributed by atoms with Crippen molar-refractivity contribution in [2.24, 2.45) is 45.3 Å². The number of allylic oxidation sites excluding steroid dienone is 2. The van der Waals surface area contributed by atoms with Crippen molar-refractivity contribution >= 4 is 5.78 Å². The van der Waals surface area contributed by atoms with Gasteiger partial charge in [0.2, 0.25) is 0 Å². The quantitative estimate of drug-likeness (QED) is 0.262. The zero-order valence-electron chi connectivity index (χ0n) is 28.4. The van der Waals surface area contributed by atoms with E-state index in [0.717, 1.165) is 44.9 Å². The van der Waals surface area contributed by atoms with Gasteiger partial charge in [0, 0.05) is 12.3 Å². The van der Waals surface area contributed by atoms with Gasteiger partial charge in [-0.3, -0.25) is 4.79 Å². The van der Waals surface area contributed by atoms with Crippen LogP contribution in [0.1, 0.15) is 113 Å². The number of rotatable bonds is 7. The standard InChI is InChI=1S/C36H60O8/c1-20(2)10-9-14-36(8,44-31-30(42)29(41)28(40)23(19-37)43-31)21-11-16-35(7)27(21)22(38)18-25-33(5)15-13-26(39)32(3,4)24(33)12-17-34(25,35)6/h10,21,23-31,37,39-42H,9,11-19H2,1-8H3/t21-,23+,24-,25+,26-,27-,28+,29-,30+,31-,33-,34+,35+,36-/m0/s1. The molecule has 8 nitrogen and oxygen atoms in total. The molecule has 5 aliphatic rings. The van der Waals surface area contributed by atoms with Gasteiger partial charge in [-0.25, -0.2) is 0 Å². The highest BCUT2D eigenvalue weighted by Gasteiger charge is 2.71. The van der Waals surface area contributed by atoms with Crippen LogP contribution >= 0.6 is 0 Å². The maximum absolute atomic E-state index is 14.6. The second-order valence-electron chi connectivity index (χ2n) is 17.1. The lowest BCUT2D eigenvalue weighted by molar-refractivity contribution is -0.333.